The molecule has 44 heavy (non-hydrogen) atoms. The molecule has 0 saturated carbocycles. The molecule has 11 heteroatoms. The predicted octanol–water partition coefficient (Wildman–Crippen LogP) is 5.04. The second-order valence-electron chi connectivity index (χ2n) is 12.5. The van der Waals surface area contributed by atoms with Gasteiger partial charge >= 0.3 is 12.1 Å². The molecule has 0 saturated heterocycles. The number of rotatable bonds is 22. The number of benzene rings is 1. The first-order valence-electron chi connectivity index (χ1n) is 15.5. The molecular formula is C33H55NO10. The summed E-state index contributed by atoms with van der Waals surface area (Å²) in [6.07, 6.45) is 0.583. The van der Waals surface area contributed by atoms with Crippen molar-refractivity contribution < 1.29 is 48.3 Å². The first kappa shape index (κ1) is 39.1. The lowest BCUT2D eigenvalue weighted by Gasteiger charge is -2.32. The maximum absolute atomic E-state index is 12.7. The van der Waals surface area contributed by atoms with Gasteiger partial charge in [-0.05, 0) is 76.5 Å². The van der Waals surface area contributed by atoms with Gasteiger partial charge in [-0.3, -0.25) is 4.79 Å². The van der Waals surface area contributed by atoms with Crippen LogP contribution in [0.3, 0.4) is 0 Å². The number of aliphatic hydroxyl groups excluding tert-OH is 1. The lowest BCUT2D eigenvalue weighted by atomic mass is 9.82. The van der Waals surface area contributed by atoms with Gasteiger partial charge in [-0.25, -0.2) is 4.79 Å². The number of carboxylic acid groups (broad SMARTS) is 1. The molecule has 5 atom stereocenters. The maximum atomic E-state index is 12.7. The van der Waals surface area contributed by atoms with Gasteiger partial charge in [0.25, 0.3) is 0 Å². The van der Waals surface area contributed by atoms with Crippen LogP contribution in [-0.2, 0) is 30.2 Å². The van der Waals surface area contributed by atoms with Gasteiger partial charge in [0.2, 0.25) is 0 Å². The fraction of sp³-hybridized carbons (Fsp3) is 0.727. The lowest BCUT2D eigenvalue weighted by molar-refractivity contribution is -0.142. The summed E-state index contributed by atoms with van der Waals surface area (Å²) in [5, 5.41) is 23.3. The molecule has 0 aliphatic carbocycles. The van der Waals surface area contributed by atoms with Crippen molar-refractivity contribution in [3.63, 3.8) is 0 Å². The molecule has 1 amide bonds. The van der Waals surface area contributed by atoms with E-state index in [-0.39, 0.29) is 24.9 Å². The molecule has 11 nitrogen and oxygen atoms in total. The van der Waals surface area contributed by atoms with E-state index in [1.165, 1.54) is 6.92 Å². The predicted molar refractivity (Wildman–Crippen MR) is 167 cm³/mol. The van der Waals surface area contributed by atoms with Gasteiger partial charge < -0.3 is 44.0 Å². The second kappa shape index (κ2) is 20.2. The van der Waals surface area contributed by atoms with Crippen LogP contribution in [0.15, 0.2) is 18.2 Å². The van der Waals surface area contributed by atoms with Gasteiger partial charge in [0.15, 0.2) is 11.5 Å². The molecular weight excluding hydrogens is 570 g/mol. The average molecular weight is 626 g/mol. The van der Waals surface area contributed by atoms with Crippen molar-refractivity contribution >= 4 is 18.3 Å². The Labute approximate surface area is 262 Å². The number of aliphatic hydroxyl groups is 1. The van der Waals surface area contributed by atoms with Crippen LogP contribution in [0, 0.1) is 17.8 Å². The van der Waals surface area contributed by atoms with Crippen molar-refractivity contribution in [2.45, 2.75) is 104 Å². The summed E-state index contributed by atoms with van der Waals surface area (Å²) >= 11 is 0. The summed E-state index contributed by atoms with van der Waals surface area (Å²) in [5.41, 5.74) is 0.244. The molecule has 0 heterocycles. The monoisotopic (exact) mass is 625 g/mol. The van der Waals surface area contributed by atoms with Crippen molar-refractivity contribution in [2.75, 3.05) is 33.5 Å². The molecule has 3 N–H and O–H groups in total. The molecule has 0 bridgehead atoms. The minimum Gasteiger partial charge on any atom is -0.490 e. The average Bonchev–Trinajstić information content (AvgIpc) is 2.93. The Morgan fingerprint density at radius 3 is 2.27 bits per heavy atom. The Hall–Kier alpha value is -2.89. The summed E-state index contributed by atoms with van der Waals surface area (Å²) in [6, 6.07) is 5.00. The zero-order chi connectivity index (χ0) is 33.3. The number of hydrogen-bond donors (Lipinski definition) is 3. The van der Waals surface area contributed by atoms with Gasteiger partial charge in [0.05, 0.1) is 31.3 Å². The third-order valence-electron chi connectivity index (χ3n) is 7.13. The SMILES string of the molecule is CCOC(C=O)CCOc1ccc(CC(CC(NC(=O)OC(C)(C)C)C(O)CC(C)C(=O)O)C(C)C)cc1OCCCOC. The van der Waals surface area contributed by atoms with Crippen molar-refractivity contribution in [2.24, 2.45) is 17.8 Å². The molecule has 0 aliphatic rings. The van der Waals surface area contributed by atoms with Gasteiger partial charge in [-0.2, -0.15) is 0 Å². The van der Waals surface area contributed by atoms with E-state index in [1.807, 2.05) is 25.1 Å². The molecule has 0 spiro atoms. The summed E-state index contributed by atoms with van der Waals surface area (Å²) in [4.78, 5) is 35.4. The molecule has 1 aromatic rings. The van der Waals surface area contributed by atoms with Crippen molar-refractivity contribution in [1.82, 2.24) is 5.32 Å². The van der Waals surface area contributed by atoms with Crippen LogP contribution in [0.5, 0.6) is 11.5 Å². The fourth-order valence-electron chi connectivity index (χ4n) is 4.61. The molecule has 0 fully saturated rings. The standard InChI is InChI=1S/C33H55NO10/c1-9-41-26(21-35)13-16-43-29-12-11-24(19-30(29)42-15-10-14-40-8)18-25(22(2)3)20-27(28(36)17-23(4)31(37)38)34-32(39)44-33(5,6)7/h11-12,19,21-23,25-28,36H,9-10,13-18,20H2,1-8H3,(H,34,39)(H,37,38). The Morgan fingerprint density at radius 2 is 1.70 bits per heavy atom. The number of methoxy groups -OCH3 is 1. The summed E-state index contributed by atoms with van der Waals surface area (Å²) in [7, 11) is 1.63. The fourth-order valence-corrected chi connectivity index (χ4v) is 4.61. The lowest BCUT2D eigenvalue weighted by Crippen LogP contribution is -2.47. The molecule has 5 unspecified atom stereocenters. The zero-order valence-corrected chi connectivity index (χ0v) is 27.8. The van der Waals surface area contributed by atoms with Crippen molar-refractivity contribution in [1.29, 1.82) is 0 Å². The normalized spacial score (nSPS) is 15.1. The number of nitrogens with one attached hydrogen (secondary N) is 1. The van der Waals surface area contributed by atoms with Crippen LogP contribution in [0.2, 0.25) is 0 Å². The highest BCUT2D eigenvalue weighted by Crippen LogP contribution is 2.32. The number of hydrogen-bond acceptors (Lipinski definition) is 9. The molecule has 0 radical (unpaired) electrons. The van der Waals surface area contributed by atoms with E-state index in [1.54, 1.807) is 27.9 Å². The largest absolute Gasteiger partial charge is 0.490 e. The van der Waals surface area contributed by atoms with Crippen molar-refractivity contribution in [3.05, 3.63) is 23.8 Å². The Kier molecular flexibility index (Phi) is 18.0. The zero-order valence-electron chi connectivity index (χ0n) is 27.8. The minimum atomic E-state index is -1.09. The van der Waals surface area contributed by atoms with E-state index in [9.17, 15) is 24.6 Å². The van der Waals surface area contributed by atoms with Gasteiger partial charge in [0.1, 0.15) is 18.0 Å². The minimum absolute atomic E-state index is 0.0115. The number of carbonyl (C=O) groups excluding carboxylic acids is 2. The number of carbonyl (C=O) groups is 3. The summed E-state index contributed by atoms with van der Waals surface area (Å²) in [5.74, 6) is -0.498. The third-order valence-corrected chi connectivity index (χ3v) is 7.13. The number of amides is 1. The Morgan fingerprint density at radius 1 is 1.02 bits per heavy atom. The summed E-state index contributed by atoms with van der Waals surface area (Å²) < 4.78 is 28.0. The second-order valence-corrected chi connectivity index (χ2v) is 12.5. The van der Waals surface area contributed by atoms with Crippen LogP contribution < -0.4 is 14.8 Å². The Bertz CT molecular complexity index is 993. The molecule has 1 rings (SSSR count). The van der Waals surface area contributed by atoms with Gasteiger partial charge in [0, 0.05) is 33.2 Å². The molecule has 1 aromatic carbocycles. The highest BCUT2D eigenvalue weighted by Gasteiger charge is 2.31. The first-order chi connectivity index (χ1) is 20.7. The quantitative estimate of drug-likeness (QED) is 0.118. The van der Waals surface area contributed by atoms with E-state index in [2.05, 4.69) is 19.2 Å². The third kappa shape index (κ3) is 15.7. The van der Waals surface area contributed by atoms with E-state index < -0.39 is 41.8 Å². The number of carboxylic acids is 1. The van der Waals surface area contributed by atoms with Crippen LogP contribution in [-0.4, -0.2) is 85.9 Å². The van der Waals surface area contributed by atoms with Crippen LogP contribution in [0.4, 0.5) is 4.79 Å². The number of ether oxygens (including phenoxy) is 5. The molecule has 252 valence electrons. The van der Waals surface area contributed by atoms with Crippen molar-refractivity contribution in [3.8, 4) is 11.5 Å². The van der Waals surface area contributed by atoms with E-state index >= 15 is 0 Å². The maximum Gasteiger partial charge on any atom is 0.407 e. The van der Waals surface area contributed by atoms with Gasteiger partial charge in [-0.1, -0.05) is 26.8 Å². The van der Waals surface area contributed by atoms with Crippen LogP contribution >= 0.6 is 0 Å². The molecule has 0 aliphatic heterocycles. The number of alkyl carbamates (subject to hydrolysis) is 1. The topological polar surface area (TPSA) is 150 Å². The first-order valence-corrected chi connectivity index (χ1v) is 15.5. The molecule has 0 aromatic heterocycles. The highest BCUT2D eigenvalue weighted by molar-refractivity contribution is 5.70. The van der Waals surface area contributed by atoms with Gasteiger partial charge in [-0.15, -0.1) is 0 Å². The van der Waals surface area contributed by atoms with Crippen LogP contribution in [0.1, 0.15) is 79.7 Å². The van der Waals surface area contributed by atoms with E-state index in [0.717, 1.165) is 11.8 Å². The summed E-state index contributed by atoms with van der Waals surface area (Å²) in [6.45, 7) is 14.5. The Balaban J connectivity index is 3.19. The highest BCUT2D eigenvalue weighted by atomic mass is 16.6. The van der Waals surface area contributed by atoms with E-state index in [4.69, 9.17) is 23.7 Å². The number of aldehydes is 1. The van der Waals surface area contributed by atoms with Crippen LogP contribution in [0.25, 0.3) is 0 Å². The van der Waals surface area contributed by atoms with E-state index in [0.29, 0.717) is 57.0 Å². The number of aliphatic carboxylic acids is 1. The smallest absolute Gasteiger partial charge is 0.407 e.